The average molecular weight is 442 g/mol. The Balaban J connectivity index is 1.89. The summed E-state index contributed by atoms with van der Waals surface area (Å²) >= 11 is 6.88. The first kappa shape index (κ1) is 16.1. The largest absolute Gasteiger partial charge is 0.497 e. The molecule has 1 N–H and O–H groups in total. The van der Waals surface area contributed by atoms with Crippen LogP contribution in [0, 0.1) is 0 Å². The van der Waals surface area contributed by atoms with Gasteiger partial charge in [0.2, 0.25) is 0 Å². The van der Waals surface area contributed by atoms with Gasteiger partial charge in [0.15, 0.2) is 10.6 Å². The van der Waals surface area contributed by atoms with E-state index in [1.54, 1.807) is 20.4 Å². The van der Waals surface area contributed by atoms with E-state index >= 15 is 0 Å². The molecule has 2 aromatic heterocycles. The van der Waals surface area contributed by atoms with Crippen LogP contribution in [0.3, 0.4) is 0 Å². The fraction of sp³-hybridized carbons (Fsp3) is 0.200. The molecular weight excluding hydrogens is 428 g/mol. The van der Waals surface area contributed by atoms with Crippen LogP contribution in [0.15, 0.2) is 39.9 Å². The van der Waals surface area contributed by atoms with Crippen LogP contribution in [0.25, 0.3) is 5.52 Å². The van der Waals surface area contributed by atoms with E-state index in [9.17, 15) is 0 Å². The number of imidazole rings is 1. The molecule has 0 radical (unpaired) electrons. The van der Waals surface area contributed by atoms with E-state index in [4.69, 9.17) is 9.47 Å². The van der Waals surface area contributed by atoms with Crippen molar-refractivity contribution >= 4 is 43.2 Å². The van der Waals surface area contributed by atoms with E-state index < -0.39 is 0 Å². The van der Waals surface area contributed by atoms with E-state index in [2.05, 4.69) is 47.1 Å². The number of nitrogens with one attached hydrogen (secondary N) is 1. The van der Waals surface area contributed by atoms with Crippen LogP contribution >= 0.6 is 31.9 Å². The molecule has 6 nitrogen and oxygen atoms in total. The van der Waals surface area contributed by atoms with Gasteiger partial charge >= 0.3 is 0 Å². The van der Waals surface area contributed by atoms with Crippen molar-refractivity contribution in [3.63, 3.8) is 0 Å². The molecule has 3 aromatic rings. The third-order valence-corrected chi connectivity index (χ3v) is 4.52. The Labute approximate surface area is 150 Å². The summed E-state index contributed by atoms with van der Waals surface area (Å²) in [4.78, 5) is 8.73. The minimum atomic E-state index is 0.565. The van der Waals surface area contributed by atoms with Crippen LogP contribution in [0.4, 0.5) is 5.82 Å². The van der Waals surface area contributed by atoms with Gasteiger partial charge in [-0.3, -0.25) is 4.40 Å². The van der Waals surface area contributed by atoms with Gasteiger partial charge in [0.1, 0.15) is 21.6 Å². The van der Waals surface area contributed by atoms with Crippen molar-refractivity contribution in [1.82, 2.24) is 14.4 Å². The molecule has 0 aliphatic rings. The number of nitrogens with zero attached hydrogens (tertiary/aromatic N) is 3. The fourth-order valence-corrected chi connectivity index (χ4v) is 3.53. The lowest BCUT2D eigenvalue weighted by Gasteiger charge is -2.12. The van der Waals surface area contributed by atoms with Gasteiger partial charge in [-0.05, 0) is 44.0 Å². The zero-order valence-corrected chi connectivity index (χ0v) is 15.7. The molecule has 0 unspecified atom stereocenters. The van der Waals surface area contributed by atoms with Crippen LogP contribution < -0.4 is 14.8 Å². The number of benzene rings is 1. The number of methoxy groups -OCH3 is 2. The Morgan fingerprint density at radius 2 is 2.04 bits per heavy atom. The topological polar surface area (TPSA) is 60.7 Å². The molecule has 0 fully saturated rings. The predicted octanol–water partition coefficient (Wildman–Crippen LogP) is 3.88. The number of anilines is 1. The van der Waals surface area contributed by atoms with E-state index in [1.165, 1.54) is 0 Å². The van der Waals surface area contributed by atoms with Gasteiger partial charge in [0.05, 0.1) is 14.2 Å². The van der Waals surface area contributed by atoms with Gasteiger partial charge in [-0.25, -0.2) is 9.97 Å². The summed E-state index contributed by atoms with van der Waals surface area (Å²) in [6.07, 6.45) is 3.57. The highest BCUT2D eigenvalue weighted by Gasteiger charge is 2.13. The molecule has 0 aliphatic heterocycles. The molecule has 120 valence electrons. The quantitative estimate of drug-likeness (QED) is 0.650. The lowest BCUT2D eigenvalue weighted by Crippen LogP contribution is -2.05. The number of halogens is 2. The first-order valence-electron chi connectivity index (χ1n) is 6.77. The van der Waals surface area contributed by atoms with Crippen molar-refractivity contribution in [2.24, 2.45) is 0 Å². The molecule has 0 bridgehead atoms. The summed E-state index contributed by atoms with van der Waals surface area (Å²) < 4.78 is 14.0. The normalized spacial score (nSPS) is 10.8. The molecule has 0 spiro atoms. The summed E-state index contributed by atoms with van der Waals surface area (Å²) in [5, 5.41) is 3.33. The minimum Gasteiger partial charge on any atom is -0.497 e. The number of aromatic nitrogens is 3. The zero-order chi connectivity index (χ0) is 16.4. The van der Waals surface area contributed by atoms with Gasteiger partial charge < -0.3 is 14.8 Å². The van der Waals surface area contributed by atoms with E-state index in [1.807, 2.05) is 28.8 Å². The Kier molecular flexibility index (Phi) is 4.72. The maximum Gasteiger partial charge on any atom is 0.183 e. The first-order chi connectivity index (χ1) is 11.1. The first-order valence-corrected chi connectivity index (χ1v) is 8.35. The fourth-order valence-electron chi connectivity index (χ4n) is 2.27. The van der Waals surface area contributed by atoms with Gasteiger partial charge in [0.25, 0.3) is 0 Å². The third-order valence-electron chi connectivity index (χ3n) is 3.41. The van der Waals surface area contributed by atoms with Gasteiger partial charge in [-0.2, -0.15) is 0 Å². The lowest BCUT2D eigenvalue weighted by molar-refractivity contribution is 0.391. The summed E-state index contributed by atoms with van der Waals surface area (Å²) in [7, 11) is 3.27. The highest BCUT2D eigenvalue weighted by molar-refractivity contribution is 9.11. The van der Waals surface area contributed by atoms with E-state index in [-0.39, 0.29) is 0 Å². The summed E-state index contributed by atoms with van der Waals surface area (Å²) in [5.41, 5.74) is 1.87. The number of ether oxygens (including phenoxy) is 2. The highest BCUT2D eigenvalue weighted by atomic mass is 79.9. The standard InChI is InChI=1S/C15H14Br2N4O2/c1-22-10-4-3-9(11(7-10)23-2)8-19-14-12-13(16)20-15(17)21(12)6-5-18-14/h3-7H,8H2,1-2H3,(H,18,19). The number of hydrogen-bond donors (Lipinski definition) is 1. The number of rotatable bonds is 5. The van der Waals surface area contributed by atoms with Crippen LogP contribution in [-0.4, -0.2) is 28.6 Å². The van der Waals surface area contributed by atoms with Crippen LogP contribution in [-0.2, 0) is 6.54 Å². The maximum absolute atomic E-state index is 5.42. The Morgan fingerprint density at radius 1 is 1.22 bits per heavy atom. The molecule has 0 amide bonds. The molecule has 0 atom stereocenters. The third kappa shape index (κ3) is 3.13. The summed E-state index contributed by atoms with van der Waals surface area (Å²) in [5.74, 6) is 2.25. The lowest BCUT2D eigenvalue weighted by atomic mass is 10.2. The summed E-state index contributed by atoms with van der Waals surface area (Å²) in [6, 6.07) is 5.72. The van der Waals surface area contributed by atoms with Crippen molar-refractivity contribution < 1.29 is 9.47 Å². The molecule has 0 saturated carbocycles. The van der Waals surface area contributed by atoms with E-state index in [0.717, 1.165) is 33.0 Å². The van der Waals surface area contributed by atoms with E-state index in [0.29, 0.717) is 11.3 Å². The SMILES string of the molecule is COc1ccc(CNc2nccn3c(Br)nc(Br)c23)c(OC)c1. The average Bonchev–Trinajstić information content (AvgIpc) is 2.87. The monoisotopic (exact) mass is 440 g/mol. The minimum absolute atomic E-state index is 0.565. The molecule has 2 heterocycles. The maximum atomic E-state index is 5.42. The van der Waals surface area contributed by atoms with Crippen molar-refractivity contribution in [3.8, 4) is 11.5 Å². The Morgan fingerprint density at radius 3 is 2.78 bits per heavy atom. The Hall–Kier alpha value is -1.80. The molecule has 8 heteroatoms. The van der Waals surface area contributed by atoms with Crippen molar-refractivity contribution in [2.75, 3.05) is 19.5 Å². The highest BCUT2D eigenvalue weighted by Crippen LogP contribution is 2.29. The number of hydrogen-bond acceptors (Lipinski definition) is 5. The molecule has 1 aromatic carbocycles. The molecule has 23 heavy (non-hydrogen) atoms. The van der Waals surface area contributed by atoms with Crippen molar-refractivity contribution in [1.29, 1.82) is 0 Å². The molecule has 0 saturated heterocycles. The second kappa shape index (κ2) is 6.76. The second-order valence-corrected chi connectivity index (χ2v) is 6.16. The van der Waals surface area contributed by atoms with Gasteiger partial charge in [-0.15, -0.1) is 0 Å². The van der Waals surface area contributed by atoms with Crippen LogP contribution in [0.1, 0.15) is 5.56 Å². The molecule has 3 rings (SSSR count). The van der Waals surface area contributed by atoms with Crippen molar-refractivity contribution in [3.05, 3.63) is 45.5 Å². The van der Waals surface area contributed by atoms with Gasteiger partial charge in [0, 0.05) is 30.6 Å². The molecular formula is C15H14Br2N4O2. The smallest absolute Gasteiger partial charge is 0.183 e. The predicted molar refractivity (Wildman–Crippen MR) is 95.3 cm³/mol. The zero-order valence-electron chi connectivity index (χ0n) is 12.5. The number of fused-ring (bicyclic) bond motifs is 1. The Bertz CT molecular complexity index is 851. The van der Waals surface area contributed by atoms with Crippen LogP contribution in [0.2, 0.25) is 0 Å². The summed E-state index contributed by atoms with van der Waals surface area (Å²) in [6.45, 7) is 0.565. The molecule has 0 aliphatic carbocycles. The second-order valence-electron chi connectivity index (χ2n) is 4.70. The van der Waals surface area contributed by atoms with Crippen LogP contribution in [0.5, 0.6) is 11.5 Å². The van der Waals surface area contributed by atoms with Crippen molar-refractivity contribution in [2.45, 2.75) is 6.54 Å². The van der Waals surface area contributed by atoms with Gasteiger partial charge in [-0.1, -0.05) is 0 Å².